The molecule has 0 unspecified atom stereocenters. The van der Waals surface area contributed by atoms with Crippen molar-refractivity contribution in [3.8, 4) is 5.75 Å². The molecule has 0 spiro atoms. The number of nitrogens with zero attached hydrogens (tertiary/aromatic N) is 3. The van der Waals surface area contributed by atoms with Crippen molar-refractivity contribution in [3.63, 3.8) is 0 Å². The van der Waals surface area contributed by atoms with E-state index in [-0.39, 0.29) is 18.1 Å². The van der Waals surface area contributed by atoms with Gasteiger partial charge >= 0.3 is 0 Å². The minimum Gasteiger partial charge on any atom is -0.488 e. The highest BCUT2D eigenvalue weighted by atomic mass is 79.9. The molecule has 0 radical (unpaired) electrons. The summed E-state index contributed by atoms with van der Waals surface area (Å²) in [6.07, 6.45) is 7.01. The van der Waals surface area contributed by atoms with Crippen LogP contribution in [-0.4, -0.2) is 15.9 Å². The number of fused-ring (bicyclic) bond motifs is 1. The summed E-state index contributed by atoms with van der Waals surface area (Å²) in [5, 5.41) is 6.63. The number of hydrogen-bond donors (Lipinski definition) is 0. The zero-order chi connectivity index (χ0) is 25.9. The molecule has 0 saturated heterocycles. The normalized spacial score (nSPS) is 14.5. The molecule has 5 rings (SSSR count). The highest BCUT2D eigenvalue weighted by Crippen LogP contribution is 2.32. The third-order valence-corrected chi connectivity index (χ3v) is 7.93. The molecule has 1 aliphatic rings. The third kappa shape index (κ3) is 6.04. The molecule has 3 aromatic carbocycles. The standard InChI is InChI=1S/C28H23BrCl3N3O2/c29-20-7-10-25-22(14-20)28(36)35(27(34-25)18-4-2-1-3-5-18)33-15-19-13-21(30)8-11-26(19)37-16-17-6-9-23(31)24(32)12-17/h6-15,18H,1-5,16H2. The average Bonchev–Trinajstić information content (AvgIpc) is 2.90. The molecule has 9 heteroatoms. The number of benzene rings is 3. The Morgan fingerprint density at radius 2 is 1.81 bits per heavy atom. The lowest BCUT2D eigenvalue weighted by Crippen LogP contribution is -2.25. The quantitative estimate of drug-likeness (QED) is 0.203. The second-order valence-corrected chi connectivity index (χ2v) is 11.2. The van der Waals surface area contributed by atoms with Gasteiger partial charge < -0.3 is 4.74 Å². The molecule has 0 atom stereocenters. The summed E-state index contributed by atoms with van der Waals surface area (Å²) in [7, 11) is 0. The molecule has 1 fully saturated rings. The molecule has 1 saturated carbocycles. The monoisotopic (exact) mass is 617 g/mol. The van der Waals surface area contributed by atoms with Gasteiger partial charge in [0, 0.05) is 21.0 Å². The maximum atomic E-state index is 13.6. The van der Waals surface area contributed by atoms with E-state index in [2.05, 4.69) is 21.0 Å². The van der Waals surface area contributed by atoms with Gasteiger partial charge in [0.15, 0.2) is 0 Å². The lowest BCUT2D eigenvalue weighted by molar-refractivity contribution is 0.306. The van der Waals surface area contributed by atoms with E-state index in [1.54, 1.807) is 42.6 Å². The van der Waals surface area contributed by atoms with Crippen LogP contribution in [0.4, 0.5) is 0 Å². The summed E-state index contributed by atoms with van der Waals surface area (Å²) in [4.78, 5) is 18.5. The summed E-state index contributed by atoms with van der Waals surface area (Å²) in [6.45, 7) is 0.276. The van der Waals surface area contributed by atoms with Crippen LogP contribution in [0, 0.1) is 0 Å². The number of hydrogen-bond acceptors (Lipinski definition) is 4. The highest BCUT2D eigenvalue weighted by molar-refractivity contribution is 9.10. The topological polar surface area (TPSA) is 56.5 Å². The van der Waals surface area contributed by atoms with E-state index in [0.29, 0.717) is 43.1 Å². The molecule has 0 bridgehead atoms. The van der Waals surface area contributed by atoms with Crippen molar-refractivity contribution in [1.82, 2.24) is 9.66 Å². The van der Waals surface area contributed by atoms with E-state index in [0.717, 1.165) is 35.7 Å². The van der Waals surface area contributed by atoms with Crippen molar-refractivity contribution in [1.29, 1.82) is 0 Å². The van der Waals surface area contributed by atoms with E-state index in [1.807, 2.05) is 18.2 Å². The predicted octanol–water partition coefficient (Wildman–Crippen LogP) is 8.63. The van der Waals surface area contributed by atoms with Gasteiger partial charge in [-0.05, 0) is 66.9 Å². The lowest BCUT2D eigenvalue weighted by Gasteiger charge is -2.22. The van der Waals surface area contributed by atoms with Gasteiger partial charge in [-0.25, -0.2) is 4.98 Å². The van der Waals surface area contributed by atoms with Crippen LogP contribution >= 0.6 is 50.7 Å². The van der Waals surface area contributed by atoms with Crippen LogP contribution in [0.2, 0.25) is 15.1 Å². The van der Waals surface area contributed by atoms with Gasteiger partial charge in [-0.15, -0.1) is 0 Å². The molecule has 0 N–H and O–H groups in total. The molecule has 1 heterocycles. The Labute approximate surface area is 238 Å². The summed E-state index contributed by atoms with van der Waals surface area (Å²) >= 11 is 21.9. The molecule has 5 nitrogen and oxygen atoms in total. The minimum absolute atomic E-state index is 0.177. The first-order chi connectivity index (χ1) is 17.9. The zero-order valence-corrected chi connectivity index (χ0v) is 23.6. The van der Waals surface area contributed by atoms with Gasteiger partial charge in [0.05, 0.1) is 27.2 Å². The third-order valence-electron chi connectivity index (χ3n) is 6.47. The molecule has 0 amide bonds. The maximum Gasteiger partial charge on any atom is 0.282 e. The zero-order valence-electron chi connectivity index (χ0n) is 19.8. The van der Waals surface area contributed by atoms with Crippen LogP contribution < -0.4 is 10.3 Å². The van der Waals surface area contributed by atoms with E-state index >= 15 is 0 Å². The van der Waals surface area contributed by atoms with Crippen LogP contribution in [0.3, 0.4) is 0 Å². The predicted molar refractivity (Wildman–Crippen MR) is 155 cm³/mol. The molecule has 4 aromatic rings. The van der Waals surface area contributed by atoms with Crippen molar-refractivity contribution in [3.05, 3.63) is 101 Å². The summed E-state index contributed by atoms with van der Waals surface area (Å²) in [5.74, 6) is 1.44. The Morgan fingerprint density at radius 1 is 1.00 bits per heavy atom. The Kier molecular flexibility index (Phi) is 8.20. The second-order valence-electron chi connectivity index (χ2n) is 9.05. The van der Waals surface area contributed by atoms with Crippen LogP contribution in [-0.2, 0) is 6.61 Å². The van der Waals surface area contributed by atoms with Gasteiger partial charge in [0.25, 0.3) is 5.56 Å². The van der Waals surface area contributed by atoms with Gasteiger partial charge in [0.1, 0.15) is 18.2 Å². The van der Waals surface area contributed by atoms with Gasteiger partial charge in [-0.1, -0.05) is 76.1 Å². The number of rotatable bonds is 6. The number of ether oxygens (including phenoxy) is 1. The van der Waals surface area contributed by atoms with Crippen molar-refractivity contribution in [2.45, 2.75) is 44.6 Å². The summed E-state index contributed by atoms with van der Waals surface area (Å²) < 4.78 is 8.32. The number of halogens is 4. The smallest absolute Gasteiger partial charge is 0.282 e. The number of aromatic nitrogens is 2. The summed E-state index contributed by atoms with van der Waals surface area (Å²) in [6, 6.07) is 16.2. The molecule has 1 aliphatic carbocycles. The van der Waals surface area contributed by atoms with E-state index < -0.39 is 0 Å². The first-order valence-electron chi connectivity index (χ1n) is 12.0. The van der Waals surface area contributed by atoms with E-state index in [9.17, 15) is 4.79 Å². The highest BCUT2D eigenvalue weighted by Gasteiger charge is 2.22. The molecule has 1 aromatic heterocycles. The average molecular weight is 620 g/mol. The Balaban J connectivity index is 1.52. The molecular formula is C28H23BrCl3N3O2. The molecule has 190 valence electrons. The van der Waals surface area contributed by atoms with Crippen LogP contribution in [0.15, 0.2) is 69.0 Å². The fraction of sp³-hybridized carbons (Fsp3) is 0.250. The van der Waals surface area contributed by atoms with Gasteiger partial charge in [0.2, 0.25) is 0 Å². The fourth-order valence-electron chi connectivity index (χ4n) is 4.56. The Hall–Kier alpha value is -2.38. The van der Waals surface area contributed by atoms with Gasteiger partial charge in [-0.2, -0.15) is 9.78 Å². The van der Waals surface area contributed by atoms with Crippen LogP contribution in [0.25, 0.3) is 10.9 Å². The first kappa shape index (κ1) is 26.2. The molecule has 37 heavy (non-hydrogen) atoms. The minimum atomic E-state index is -0.205. The maximum absolute atomic E-state index is 13.6. The largest absolute Gasteiger partial charge is 0.488 e. The SMILES string of the molecule is O=c1c2cc(Br)ccc2nc(C2CCCCC2)n1N=Cc1cc(Cl)ccc1OCc1ccc(Cl)c(Cl)c1. The molecule has 0 aliphatic heterocycles. The van der Waals surface area contributed by atoms with Crippen molar-refractivity contribution in [2.24, 2.45) is 5.10 Å². The van der Waals surface area contributed by atoms with Crippen molar-refractivity contribution in [2.75, 3.05) is 0 Å². The second kappa shape index (κ2) is 11.6. The van der Waals surface area contributed by atoms with Crippen LogP contribution in [0.1, 0.15) is 55.0 Å². The fourth-order valence-corrected chi connectivity index (χ4v) is 5.43. The van der Waals surface area contributed by atoms with Gasteiger partial charge in [-0.3, -0.25) is 4.79 Å². The van der Waals surface area contributed by atoms with Crippen molar-refractivity contribution >= 4 is 67.9 Å². The van der Waals surface area contributed by atoms with Crippen molar-refractivity contribution < 1.29 is 4.74 Å². The first-order valence-corrected chi connectivity index (χ1v) is 13.9. The lowest BCUT2D eigenvalue weighted by atomic mass is 9.88. The molecular weight excluding hydrogens is 597 g/mol. The van der Waals surface area contributed by atoms with E-state index in [1.165, 1.54) is 11.1 Å². The van der Waals surface area contributed by atoms with E-state index in [4.69, 9.17) is 44.5 Å². The Morgan fingerprint density at radius 3 is 2.59 bits per heavy atom. The Bertz CT molecular complexity index is 1550. The summed E-state index contributed by atoms with van der Waals surface area (Å²) in [5.41, 5.74) is 1.98. The van der Waals surface area contributed by atoms with Crippen LogP contribution in [0.5, 0.6) is 5.75 Å².